The average molecular weight is 549 g/mol. The number of benzene rings is 1. The Hall–Kier alpha value is -1.96. The highest BCUT2D eigenvalue weighted by atomic mass is 79.9. The fraction of sp³-hybridized carbons (Fsp3) is 0.389. The van der Waals surface area contributed by atoms with Crippen LogP contribution in [0.2, 0.25) is 5.28 Å². The third-order valence-corrected chi connectivity index (χ3v) is 4.42. The van der Waals surface area contributed by atoms with Gasteiger partial charge in [0.05, 0.1) is 20.6 Å². The van der Waals surface area contributed by atoms with Crippen LogP contribution < -0.4 is 15.4 Å². The summed E-state index contributed by atoms with van der Waals surface area (Å²) in [4.78, 5) is 23.2. The van der Waals surface area contributed by atoms with Gasteiger partial charge < -0.3 is 15.4 Å². The molecular weight excluding hydrogens is 527 g/mol. The Balaban J connectivity index is 0.000000296. The second-order valence-electron chi connectivity index (χ2n) is 5.42. The number of aromatic nitrogens is 3. The number of hydrogen-bond donors (Lipinski definition) is 2. The number of ether oxygens (including phenoxy) is 1. The zero-order valence-electron chi connectivity index (χ0n) is 16.2. The SMILES string of the molecule is CCCC(=O)Oc1c(Br)cc(C#N)cc1Br.CCNc1nc(Cl)nc(NCC)n1. The number of hydrogen-bond acceptors (Lipinski definition) is 8. The van der Waals surface area contributed by atoms with Gasteiger partial charge in [-0.25, -0.2) is 0 Å². The first-order valence-corrected chi connectivity index (χ1v) is 10.8. The van der Waals surface area contributed by atoms with E-state index in [1.165, 1.54) is 0 Å². The van der Waals surface area contributed by atoms with E-state index in [1.54, 1.807) is 12.1 Å². The van der Waals surface area contributed by atoms with Gasteiger partial charge in [-0.2, -0.15) is 20.2 Å². The molecule has 1 aromatic heterocycles. The molecule has 0 saturated heterocycles. The standard InChI is InChI=1S/C11H9Br2NO2.C7H12ClN5/c1-2-3-10(15)16-11-8(12)4-7(6-14)5-9(11)13;1-3-9-6-11-5(8)12-7(13-6)10-4-2/h4-5H,2-3H2,1H3;3-4H2,1-2H3,(H2,9,10,11,12,13). The average Bonchev–Trinajstić information content (AvgIpc) is 2.65. The highest BCUT2D eigenvalue weighted by Crippen LogP contribution is 2.34. The van der Waals surface area contributed by atoms with Crippen LogP contribution in [0.25, 0.3) is 0 Å². The van der Waals surface area contributed by atoms with Gasteiger partial charge in [0, 0.05) is 19.5 Å². The molecule has 0 radical (unpaired) electrons. The topological polar surface area (TPSA) is 113 Å². The Morgan fingerprint density at radius 1 is 1.10 bits per heavy atom. The highest BCUT2D eigenvalue weighted by molar-refractivity contribution is 9.11. The van der Waals surface area contributed by atoms with Gasteiger partial charge in [0.2, 0.25) is 17.2 Å². The van der Waals surface area contributed by atoms with Crippen molar-refractivity contribution in [3.8, 4) is 11.8 Å². The zero-order valence-corrected chi connectivity index (χ0v) is 20.2. The maximum atomic E-state index is 11.3. The molecule has 156 valence electrons. The molecule has 0 aliphatic carbocycles. The van der Waals surface area contributed by atoms with Crippen molar-refractivity contribution < 1.29 is 9.53 Å². The summed E-state index contributed by atoms with van der Waals surface area (Å²) in [5.41, 5.74) is 0.494. The van der Waals surface area contributed by atoms with Crippen LogP contribution >= 0.6 is 43.5 Å². The Bertz CT molecular complexity index is 829. The van der Waals surface area contributed by atoms with Crippen LogP contribution in [0.1, 0.15) is 39.2 Å². The van der Waals surface area contributed by atoms with Crippen molar-refractivity contribution in [2.24, 2.45) is 0 Å². The summed E-state index contributed by atoms with van der Waals surface area (Å²) >= 11 is 12.2. The molecule has 0 spiro atoms. The highest BCUT2D eigenvalue weighted by Gasteiger charge is 2.12. The van der Waals surface area contributed by atoms with E-state index in [0.717, 1.165) is 19.5 Å². The van der Waals surface area contributed by atoms with Gasteiger partial charge in [-0.1, -0.05) is 6.92 Å². The molecule has 2 rings (SSSR count). The smallest absolute Gasteiger partial charge is 0.311 e. The number of carbonyl (C=O) groups excluding carboxylic acids is 1. The summed E-state index contributed by atoms with van der Waals surface area (Å²) in [5, 5.41) is 14.9. The van der Waals surface area contributed by atoms with Crippen molar-refractivity contribution in [3.63, 3.8) is 0 Å². The number of nitrogens with one attached hydrogen (secondary N) is 2. The largest absolute Gasteiger partial charge is 0.424 e. The normalized spacial score (nSPS) is 9.69. The van der Waals surface area contributed by atoms with Crippen LogP contribution in [0.3, 0.4) is 0 Å². The van der Waals surface area contributed by atoms with Gasteiger partial charge >= 0.3 is 5.97 Å². The van der Waals surface area contributed by atoms with Gasteiger partial charge in [0.25, 0.3) is 0 Å². The predicted octanol–water partition coefficient (Wildman–Crippen LogP) is 5.18. The Kier molecular flexibility index (Phi) is 11.5. The molecular formula is C18H21Br2ClN6O2. The van der Waals surface area contributed by atoms with Crippen molar-refractivity contribution in [1.29, 1.82) is 5.26 Å². The van der Waals surface area contributed by atoms with E-state index in [2.05, 4.69) is 57.4 Å². The van der Waals surface area contributed by atoms with E-state index in [-0.39, 0.29) is 11.3 Å². The quantitative estimate of drug-likeness (QED) is 0.360. The third kappa shape index (κ3) is 8.94. The number of rotatable bonds is 7. The van der Waals surface area contributed by atoms with Gasteiger partial charge in [-0.15, -0.1) is 0 Å². The van der Waals surface area contributed by atoms with Gasteiger partial charge in [0.15, 0.2) is 5.75 Å². The van der Waals surface area contributed by atoms with Crippen LogP contribution in [0.4, 0.5) is 11.9 Å². The summed E-state index contributed by atoms with van der Waals surface area (Å²) in [7, 11) is 0. The first kappa shape index (κ1) is 25.1. The zero-order chi connectivity index (χ0) is 21.8. The van der Waals surface area contributed by atoms with E-state index in [4.69, 9.17) is 21.6 Å². The summed E-state index contributed by atoms with van der Waals surface area (Å²) in [5.74, 6) is 1.13. The molecule has 0 bridgehead atoms. The molecule has 1 aromatic carbocycles. The number of esters is 1. The number of carbonyl (C=O) groups is 1. The lowest BCUT2D eigenvalue weighted by Crippen LogP contribution is -2.08. The van der Waals surface area contributed by atoms with Crippen LogP contribution in [-0.2, 0) is 4.79 Å². The van der Waals surface area contributed by atoms with E-state index >= 15 is 0 Å². The van der Waals surface area contributed by atoms with Crippen molar-refractivity contribution >= 4 is 61.3 Å². The molecule has 0 atom stereocenters. The maximum Gasteiger partial charge on any atom is 0.311 e. The third-order valence-electron chi connectivity index (χ3n) is 3.08. The fourth-order valence-corrected chi connectivity index (χ4v) is 3.42. The lowest BCUT2D eigenvalue weighted by atomic mass is 10.2. The molecule has 8 nitrogen and oxygen atoms in total. The number of nitrogens with zero attached hydrogens (tertiary/aromatic N) is 4. The fourth-order valence-electron chi connectivity index (χ4n) is 1.92. The van der Waals surface area contributed by atoms with E-state index in [1.807, 2.05) is 26.8 Å². The van der Waals surface area contributed by atoms with Crippen molar-refractivity contribution in [3.05, 3.63) is 31.9 Å². The predicted molar refractivity (Wildman–Crippen MR) is 120 cm³/mol. The first-order chi connectivity index (χ1) is 13.8. The molecule has 2 N–H and O–H groups in total. The number of nitriles is 1. The summed E-state index contributed by atoms with van der Waals surface area (Å²) in [6, 6.07) is 5.23. The number of halogens is 3. The van der Waals surface area contributed by atoms with Gasteiger partial charge in [0.1, 0.15) is 0 Å². The Morgan fingerprint density at radius 3 is 2.03 bits per heavy atom. The second-order valence-corrected chi connectivity index (χ2v) is 7.46. The first-order valence-electron chi connectivity index (χ1n) is 8.83. The monoisotopic (exact) mass is 546 g/mol. The van der Waals surface area contributed by atoms with Gasteiger partial charge in [-0.3, -0.25) is 4.79 Å². The molecule has 0 unspecified atom stereocenters. The molecule has 2 aromatic rings. The summed E-state index contributed by atoms with van der Waals surface area (Å²) in [6.07, 6.45) is 1.11. The molecule has 0 amide bonds. The summed E-state index contributed by atoms with van der Waals surface area (Å²) in [6.45, 7) is 7.34. The number of anilines is 2. The molecule has 0 aliphatic rings. The summed E-state index contributed by atoms with van der Waals surface area (Å²) < 4.78 is 6.35. The van der Waals surface area contributed by atoms with Crippen LogP contribution in [0.15, 0.2) is 21.1 Å². The minimum absolute atomic E-state index is 0.196. The Labute approximate surface area is 191 Å². The minimum Gasteiger partial charge on any atom is -0.424 e. The molecule has 29 heavy (non-hydrogen) atoms. The van der Waals surface area contributed by atoms with Crippen molar-refractivity contribution in [2.45, 2.75) is 33.6 Å². The van der Waals surface area contributed by atoms with E-state index in [0.29, 0.717) is 38.6 Å². The lowest BCUT2D eigenvalue weighted by molar-refractivity contribution is -0.134. The molecule has 0 fully saturated rings. The van der Waals surface area contributed by atoms with Crippen LogP contribution in [0, 0.1) is 11.3 Å². The van der Waals surface area contributed by atoms with Crippen molar-refractivity contribution in [1.82, 2.24) is 15.0 Å². The van der Waals surface area contributed by atoms with Gasteiger partial charge in [-0.05, 0) is 75.9 Å². The molecule has 0 saturated carbocycles. The van der Waals surface area contributed by atoms with Crippen LogP contribution in [0.5, 0.6) is 5.75 Å². The minimum atomic E-state index is -0.284. The van der Waals surface area contributed by atoms with E-state index in [9.17, 15) is 4.79 Å². The van der Waals surface area contributed by atoms with E-state index < -0.39 is 0 Å². The Morgan fingerprint density at radius 2 is 1.62 bits per heavy atom. The molecule has 1 heterocycles. The van der Waals surface area contributed by atoms with Crippen molar-refractivity contribution in [2.75, 3.05) is 23.7 Å². The lowest BCUT2D eigenvalue weighted by Gasteiger charge is -2.08. The second kappa shape index (κ2) is 13.3. The maximum absolute atomic E-state index is 11.3. The molecule has 0 aliphatic heterocycles. The van der Waals surface area contributed by atoms with Crippen LogP contribution in [-0.4, -0.2) is 34.0 Å². The molecule has 11 heteroatoms.